The molecular formula is C38H64NO9P. The van der Waals surface area contributed by atoms with Crippen molar-refractivity contribution in [1.82, 2.24) is 0 Å². The first-order chi connectivity index (χ1) is 23.7. The number of carbonyl (C=O) groups excluding carboxylic acids is 1. The van der Waals surface area contributed by atoms with Gasteiger partial charge in [0, 0.05) is 13.0 Å². The van der Waals surface area contributed by atoms with Crippen molar-refractivity contribution >= 4 is 19.8 Å². The van der Waals surface area contributed by atoms with E-state index in [9.17, 15) is 19.0 Å². The fourth-order valence-electron chi connectivity index (χ4n) is 4.18. The van der Waals surface area contributed by atoms with Crippen molar-refractivity contribution in [2.24, 2.45) is 5.73 Å². The Morgan fingerprint density at radius 3 is 1.78 bits per heavy atom. The summed E-state index contributed by atoms with van der Waals surface area (Å²) in [6.07, 6.45) is 39.8. The molecule has 0 aliphatic carbocycles. The number of phosphoric ester groups is 1. The molecule has 0 aliphatic heterocycles. The standard InChI is InChI=1S/C38H64NO9P/c1-3-5-7-9-11-13-15-17-19-21-23-25-27-29-31-45-32-35(33-46-49(43,44)47-34-36(39)38(41)42)48-37(40)30-28-26-24-22-20-18-16-14-12-10-8-6-4-2/h6-9,12-15,18,20,24,26,35-36H,3-5,10-11,16-17,19,21-23,25,27-34,39H2,1-2H3,(H,41,42)(H,43,44)/b8-6-,9-7-,14-12-,15-13-,20-18-,26-24-. The minimum absolute atomic E-state index is 0.0235. The third-order valence-electron chi connectivity index (χ3n) is 6.96. The van der Waals surface area contributed by atoms with Crippen LogP contribution in [0.25, 0.3) is 0 Å². The summed E-state index contributed by atoms with van der Waals surface area (Å²) in [4.78, 5) is 33.3. The first-order valence-electron chi connectivity index (χ1n) is 18.0. The molecule has 0 amide bonds. The fourth-order valence-corrected chi connectivity index (χ4v) is 4.96. The normalized spacial score (nSPS) is 15.0. The predicted molar refractivity (Wildman–Crippen MR) is 198 cm³/mol. The van der Waals surface area contributed by atoms with E-state index in [0.717, 1.165) is 70.6 Å². The van der Waals surface area contributed by atoms with E-state index in [1.165, 1.54) is 19.3 Å². The highest BCUT2D eigenvalue weighted by molar-refractivity contribution is 7.47. The number of phosphoric acid groups is 1. The van der Waals surface area contributed by atoms with Crippen LogP contribution in [0.2, 0.25) is 0 Å². The van der Waals surface area contributed by atoms with E-state index < -0.39 is 45.1 Å². The Hall–Kier alpha value is -2.59. The van der Waals surface area contributed by atoms with Gasteiger partial charge in [-0.3, -0.25) is 18.6 Å². The maximum Gasteiger partial charge on any atom is 0.472 e. The van der Waals surface area contributed by atoms with E-state index in [4.69, 9.17) is 24.8 Å². The van der Waals surface area contributed by atoms with Crippen LogP contribution in [0.1, 0.15) is 117 Å². The average Bonchev–Trinajstić information content (AvgIpc) is 3.07. The lowest BCUT2D eigenvalue weighted by molar-refractivity contribution is -0.154. The smallest absolute Gasteiger partial charge is 0.472 e. The second kappa shape index (κ2) is 33.9. The van der Waals surface area contributed by atoms with Crippen molar-refractivity contribution in [2.45, 2.75) is 129 Å². The number of unbranched alkanes of at least 4 members (excludes halogenated alkanes) is 7. The van der Waals surface area contributed by atoms with Crippen LogP contribution in [0.4, 0.5) is 0 Å². The number of carboxylic acid groups (broad SMARTS) is 1. The molecule has 0 heterocycles. The molecule has 0 radical (unpaired) electrons. The third kappa shape index (κ3) is 33.7. The summed E-state index contributed by atoms with van der Waals surface area (Å²) in [7, 11) is -4.63. The van der Waals surface area contributed by atoms with Crippen LogP contribution in [0.15, 0.2) is 72.9 Å². The molecule has 0 saturated carbocycles. The largest absolute Gasteiger partial charge is 0.480 e. The van der Waals surface area contributed by atoms with Gasteiger partial charge in [-0.25, -0.2) is 4.57 Å². The van der Waals surface area contributed by atoms with E-state index in [-0.39, 0.29) is 13.0 Å². The zero-order valence-electron chi connectivity index (χ0n) is 30.0. The minimum atomic E-state index is -4.63. The molecule has 4 N–H and O–H groups in total. The van der Waals surface area contributed by atoms with Gasteiger partial charge in [0.1, 0.15) is 12.1 Å². The summed E-state index contributed by atoms with van der Waals surface area (Å²) in [6.45, 7) is 3.54. The van der Waals surface area contributed by atoms with Crippen LogP contribution in [0, 0.1) is 0 Å². The second-order valence-electron chi connectivity index (χ2n) is 11.6. The second-order valence-corrected chi connectivity index (χ2v) is 13.1. The Bertz CT molecular complexity index is 1050. The molecule has 11 heteroatoms. The van der Waals surface area contributed by atoms with Crippen LogP contribution in [0.3, 0.4) is 0 Å². The van der Waals surface area contributed by atoms with Crippen molar-refractivity contribution in [2.75, 3.05) is 26.4 Å². The fraction of sp³-hybridized carbons (Fsp3) is 0.632. The SMILES string of the molecule is CC/C=C\C/C=C\C/C=C\C/C=C\CCC(=O)OC(COCCCCCCCC/C=C\C/C=C\CCC)COP(=O)(O)OCC(N)C(=O)O. The number of aliphatic carboxylic acids is 1. The molecule has 10 nitrogen and oxygen atoms in total. The molecule has 3 atom stereocenters. The zero-order chi connectivity index (χ0) is 36.3. The van der Waals surface area contributed by atoms with Crippen molar-refractivity contribution in [3.8, 4) is 0 Å². The van der Waals surface area contributed by atoms with Crippen LogP contribution in [-0.2, 0) is 32.7 Å². The number of carbonyl (C=O) groups is 2. The lowest BCUT2D eigenvalue weighted by Gasteiger charge is -2.20. The predicted octanol–water partition coefficient (Wildman–Crippen LogP) is 9.08. The number of allylic oxidation sites excluding steroid dienone is 12. The summed E-state index contributed by atoms with van der Waals surface area (Å²) in [5.74, 6) is -1.88. The molecule has 0 aromatic heterocycles. The number of ether oxygens (including phenoxy) is 2. The van der Waals surface area contributed by atoms with Crippen molar-refractivity contribution in [1.29, 1.82) is 0 Å². The quantitative estimate of drug-likeness (QED) is 0.0260. The van der Waals surface area contributed by atoms with Gasteiger partial charge in [0.05, 0.1) is 19.8 Å². The van der Waals surface area contributed by atoms with Crippen LogP contribution in [0.5, 0.6) is 0 Å². The monoisotopic (exact) mass is 709 g/mol. The summed E-state index contributed by atoms with van der Waals surface area (Å²) < 4.78 is 33.0. The zero-order valence-corrected chi connectivity index (χ0v) is 30.9. The number of hydrogen-bond acceptors (Lipinski definition) is 8. The molecule has 0 aromatic carbocycles. The highest BCUT2D eigenvalue weighted by Gasteiger charge is 2.27. The van der Waals surface area contributed by atoms with Crippen LogP contribution >= 0.6 is 7.82 Å². The van der Waals surface area contributed by atoms with Gasteiger partial charge in [0.15, 0.2) is 0 Å². The van der Waals surface area contributed by atoms with Gasteiger partial charge in [-0.1, -0.05) is 119 Å². The average molecular weight is 710 g/mol. The van der Waals surface area contributed by atoms with E-state index in [2.05, 4.69) is 79.1 Å². The highest BCUT2D eigenvalue weighted by atomic mass is 31.2. The number of nitrogens with two attached hydrogens (primary N) is 1. The van der Waals surface area contributed by atoms with Gasteiger partial charge in [0.25, 0.3) is 0 Å². The lowest BCUT2D eigenvalue weighted by Crippen LogP contribution is -2.34. The van der Waals surface area contributed by atoms with E-state index in [0.29, 0.717) is 13.0 Å². The van der Waals surface area contributed by atoms with Gasteiger partial charge in [-0.2, -0.15) is 0 Å². The van der Waals surface area contributed by atoms with E-state index in [1.807, 2.05) is 12.2 Å². The van der Waals surface area contributed by atoms with E-state index >= 15 is 0 Å². The molecule has 0 rings (SSSR count). The summed E-state index contributed by atoms with van der Waals surface area (Å²) in [5, 5.41) is 8.85. The van der Waals surface area contributed by atoms with Gasteiger partial charge >= 0.3 is 19.8 Å². The number of esters is 1. The molecule has 0 bridgehead atoms. The Kier molecular flexibility index (Phi) is 32.1. The number of hydrogen-bond donors (Lipinski definition) is 3. The van der Waals surface area contributed by atoms with Crippen molar-refractivity contribution in [3.63, 3.8) is 0 Å². The molecule has 0 fully saturated rings. The molecule has 3 unspecified atom stereocenters. The number of rotatable bonds is 33. The van der Waals surface area contributed by atoms with Gasteiger partial charge in [0.2, 0.25) is 0 Å². The van der Waals surface area contributed by atoms with Crippen molar-refractivity contribution < 1.29 is 42.7 Å². The molecule has 0 aromatic rings. The third-order valence-corrected chi connectivity index (χ3v) is 7.91. The minimum Gasteiger partial charge on any atom is -0.480 e. The molecule has 0 aliphatic rings. The summed E-state index contributed by atoms with van der Waals surface area (Å²) in [5.41, 5.74) is 5.32. The highest BCUT2D eigenvalue weighted by Crippen LogP contribution is 2.43. The Morgan fingerprint density at radius 1 is 0.673 bits per heavy atom. The van der Waals surface area contributed by atoms with Crippen LogP contribution < -0.4 is 5.73 Å². The molecule has 280 valence electrons. The number of carboxylic acids is 1. The lowest BCUT2D eigenvalue weighted by atomic mass is 10.1. The van der Waals surface area contributed by atoms with Crippen LogP contribution in [-0.4, -0.2) is 60.5 Å². The van der Waals surface area contributed by atoms with Gasteiger partial charge < -0.3 is 25.2 Å². The Balaban J connectivity index is 4.48. The first-order valence-corrected chi connectivity index (χ1v) is 19.5. The van der Waals surface area contributed by atoms with Gasteiger partial charge in [-0.15, -0.1) is 0 Å². The topological polar surface area (TPSA) is 155 Å². The van der Waals surface area contributed by atoms with E-state index in [1.54, 1.807) is 0 Å². The molecular weight excluding hydrogens is 645 g/mol. The maximum atomic E-state index is 12.5. The molecule has 0 saturated heterocycles. The summed E-state index contributed by atoms with van der Waals surface area (Å²) >= 11 is 0. The molecule has 0 spiro atoms. The van der Waals surface area contributed by atoms with Crippen molar-refractivity contribution in [3.05, 3.63) is 72.9 Å². The van der Waals surface area contributed by atoms with Gasteiger partial charge in [-0.05, 0) is 64.2 Å². The first kappa shape index (κ1) is 46.4. The Morgan fingerprint density at radius 2 is 1.18 bits per heavy atom. The maximum absolute atomic E-state index is 12.5. The Labute approximate surface area is 295 Å². The summed E-state index contributed by atoms with van der Waals surface area (Å²) in [6, 6.07) is -1.49. The molecule has 49 heavy (non-hydrogen) atoms.